The molecule has 6 nitrogen and oxygen atoms in total. The van der Waals surface area contributed by atoms with E-state index in [0.29, 0.717) is 6.61 Å². The maximum atomic E-state index is 8.88. The van der Waals surface area contributed by atoms with Crippen LogP contribution in [0.2, 0.25) is 0 Å². The first-order valence-corrected chi connectivity index (χ1v) is 3.09. The van der Waals surface area contributed by atoms with Gasteiger partial charge in [0, 0.05) is 0 Å². The second-order valence-corrected chi connectivity index (χ2v) is 2.04. The van der Waals surface area contributed by atoms with E-state index in [-0.39, 0.29) is 22.0 Å². The summed E-state index contributed by atoms with van der Waals surface area (Å²) in [5, 5.41) is 42.9. The van der Waals surface area contributed by atoms with E-state index in [0.717, 1.165) is 6.42 Å². The van der Waals surface area contributed by atoms with E-state index < -0.39 is 24.9 Å². The van der Waals surface area contributed by atoms with Gasteiger partial charge in [-0.05, 0) is 12.2 Å². The van der Waals surface area contributed by atoms with Crippen molar-refractivity contribution in [3.05, 3.63) is 13.0 Å². The molecule has 7 N–H and O–H groups in total. The van der Waals surface area contributed by atoms with Crippen molar-refractivity contribution in [2.45, 2.75) is 18.3 Å². The summed E-state index contributed by atoms with van der Waals surface area (Å²) in [5.41, 5.74) is 0. The predicted molar refractivity (Wildman–Crippen MR) is 39.3 cm³/mol. The van der Waals surface area contributed by atoms with E-state index >= 15 is 0 Å². The first kappa shape index (κ1) is 18.9. The number of hydrogen-bond acceptors (Lipinski definition) is 5. The zero-order chi connectivity index (χ0) is 8.85. The van der Waals surface area contributed by atoms with Gasteiger partial charge in [-0.25, -0.2) is 0 Å². The fourth-order valence-corrected chi connectivity index (χ4v) is 0.538. The quantitative estimate of drug-likeness (QED) is 0.258. The van der Waals surface area contributed by atoms with Gasteiger partial charge in [0.2, 0.25) is 0 Å². The number of rotatable bonds is 5. The summed E-state index contributed by atoms with van der Waals surface area (Å²) in [6, 6.07) is 0. The maximum Gasteiger partial charge on any atom is 2.00 e. The molecule has 0 saturated carbocycles. The standard InChI is InChI=1S/C6H12O5.Ni.H2O/c7-2-1-4(9)6(11)5(10)3-8;;/h1,3-11H,2H2;;1H2/q-2;+2;/t4-,5+,6+;;/m1../s1. The van der Waals surface area contributed by atoms with Crippen molar-refractivity contribution in [3.63, 3.8) is 0 Å². The van der Waals surface area contributed by atoms with Gasteiger partial charge in [-0.2, -0.15) is 6.61 Å². The molecule has 84 valence electrons. The second-order valence-electron chi connectivity index (χ2n) is 2.04. The molecule has 0 bridgehead atoms. The molecule has 0 rings (SSSR count). The summed E-state index contributed by atoms with van der Waals surface area (Å²) < 4.78 is 0. The average Bonchev–Trinajstić information content (AvgIpc) is 2.02. The fourth-order valence-electron chi connectivity index (χ4n) is 0.538. The van der Waals surface area contributed by atoms with E-state index in [1.165, 1.54) is 0 Å². The molecule has 0 unspecified atom stereocenters. The molecule has 0 aliphatic heterocycles. The van der Waals surface area contributed by atoms with Crippen LogP contribution in [0, 0.1) is 13.0 Å². The largest absolute Gasteiger partial charge is 2.00 e. The molecule has 3 atom stereocenters. The Balaban J connectivity index is -0.000000500. The molecule has 0 saturated heterocycles. The van der Waals surface area contributed by atoms with Crippen LogP contribution < -0.4 is 0 Å². The number of aliphatic hydroxyl groups excluding tert-OH is 5. The van der Waals surface area contributed by atoms with Crippen LogP contribution in [-0.2, 0) is 16.5 Å². The molecular weight excluding hydrogens is 227 g/mol. The van der Waals surface area contributed by atoms with Crippen LogP contribution in [0.5, 0.6) is 0 Å². The molecule has 7 heteroatoms. The Labute approximate surface area is 86.1 Å². The van der Waals surface area contributed by atoms with Crippen molar-refractivity contribution in [1.82, 2.24) is 0 Å². The average molecular weight is 241 g/mol. The monoisotopic (exact) mass is 240 g/mol. The van der Waals surface area contributed by atoms with Crippen LogP contribution in [0.4, 0.5) is 0 Å². The Kier molecular flexibility index (Phi) is 15.0. The van der Waals surface area contributed by atoms with Gasteiger partial charge < -0.3 is 31.0 Å². The minimum absolute atomic E-state index is 0. The molecule has 0 aromatic heterocycles. The minimum Gasteiger partial charge on any atom is -0.563 e. The Morgan fingerprint density at radius 3 is 1.85 bits per heavy atom. The van der Waals surface area contributed by atoms with Crippen molar-refractivity contribution < 1.29 is 47.5 Å². The third-order valence-electron chi connectivity index (χ3n) is 1.20. The van der Waals surface area contributed by atoms with Crippen LogP contribution in [0.1, 0.15) is 0 Å². The molecule has 0 heterocycles. The Bertz CT molecular complexity index is 103. The minimum atomic E-state index is -1.51. The summed E-state index contributed by atoms with van der Waals surface area (Å²) >= 11 is 0. The predicted octanol–water partition coefficient (Wildman–Crippen LogP) is -3.03. The zero-order valence-electron chi connectivity index (χ0n) is 6.65. The molecule has 0 aliphatic carbocycles. The van der Waals surface area contributed by atoms with Crippen molar-refractivity contribution >= 4 is 0 Å². The third kappa shape index (κ3) is 7.33. The Morgan fingerprint density at radius 2 is 1.54 bits per heavy atom. The van der Waals surface area contributed by atoms with Crippen molar-refractivity contribution in [2.24, 2.45) is 0 Å². The summed E-state index contributed by atoms with van der Waals surface area (Å²) in [5.74, 6) is 0. The summed E-state index contributed by atoms with van der Waals surface area (Å²) in [6.07, 6.45) is -3.37. The van der Waals surface area contributed by atoms with Crippen LogP contribution in [-0.4, -0.2) is 55.9 Å². The normalized spacial score (nSPS) is 16.4. The molecule has 0 radical (unpaired) electrons. The molecular formula is C6H14NiO6. The first-order valence-electron chi connectivity index (χ1n) is 3.09. The van der Waals surface area contributed by atoms with E-state index in [2.05, 4.69) is 0 Å². The molecule has 0 aromatic rings. The van der Waals surface area contributed by atoms with Crippen molar-refractivity contribution in [3.8, 4) is 0 Å². The van der Waals surface area contributed by atoms with Crippen LogP contribution in [0.25, 0.3) is 0 Å². The number of hydrogen-bond donors (Lipinski definition) is 5. The van der Waals surface area contributed by atoms with Crippen LogP contribution in [0.3, 0.4) is 0 Å². The van der Waals surface area contributed by atoms with Crippen LogP contribution in [0.15, 0.2) is 0 Å². The van der Waals surface area contributed by atoms with E-state index in [4.69, 9.17) is 25.5 Å². The molecule has 13 heavy (non-hydrogen) atoms. The summed E-state index contributed by atoms with van der Waals surface area (Å²) in [7, 11) is 0. The van der Waals surface area contributed by atoms with Crippen molar-refractivity contribution in [1.29, 1.82) is 0 Å². The first-order chi connectivity index (χ1) is 5.13. The van der Waals surface area contributed by atoms with Gasteiger partial charge in [0.05, 0.1) is 6.10 Å². The molecule has 0 amide bonds. The molecule has 0 fully saturated rings. The van der Waals surface area contributed by atoms with Gasteiger partial charge in [-0.1, -0.05) is 6.61 Å². The van der Waals surface area contributed by atoms with Crippen LogP contribution >= 0.6 is 0 Å². The third-order valence-corrected chi connectivity index (χ3v) is 1.20. The Hall–Kier alpha value is 0.254. The Morgan fingerprint density at radius 1 is 1.08 bits per heavy atom. The van der Waals surface area contributed by atoms with Gasteiger partial charge in [-0.3, -0.25) is 6.42 Å². The molecule has 0 spiro atoms. The fraction of sp³-hybridized carbons (Fsp3) is 0.667. The maximum absolute atomic E-state index is 8.88. The molecule has 0 aromatic carbocycles. The van der Waals surface area contributed by atoms with Gasteiger partial charge in [0.25, 0.3) is 0 Å². The summed E-state index contributed by atoms with van der Waals surface area (Å²) in [4.78, 5) is 0. The van der Waals surface area contributed by atoms with E-state index in [1.807, 2.05) is 0 Å². The van der Waals surface area contributed by atoms with E-state index in [1.54, 1.807) is 0 Å². The van der Waals surface area contributed by atoms with E-state index in [9.17, 15) is 0 Å². The zero-order valence-corrected chi connectivity index (χ0v) is 7.63. The van der Waals surface area contributed by atoms with Gasteiger partial charge in [-0.15, -0.1) is 0 Å². The topological polar surface area (TPSA) is 133 Å². The van der Waals surface area contributed by atoms with Crippen molar-refractivity contribution in [2.75, 3.05) is 6.61 Å². The van der Waals surface area contributed by atoms with Gasteiger partial charge >= 0.3 is 16.5 Å². The van der Waals surface area contributed by atoms with Gasteiger partial charge in [0.15, 0.2) is 0 Å². The smallest absolute Gasteiger partial charge is 0.563 e. The second kappa shape index (κ2) is 10.3. The molecule has 0 aliphatic rings. The number of aliphatic hydroxyl groups is 5. The summed E-state index contributed by atoms with van der Waals surface area (Å²) in [6.45, 7) is -0.0462. The SMILES string of the molecule is O.O[CH-][C@H](O)[C@@H](O)[C@H](O)[CH-]CO.[Ni+2]. The van der Waals surface area contributed by atoms with Gasteiger partial charge in [0.1, 0.15) is 0 Å².